The fourth-order valence-electron chi connectivity index (χ4n) is 3.20. The van der Waals surface area contributed by atoms with Crippen LogP contribution in [0.1, 0.15) is 23.2 Å². The van der Waals surface area contributed by atoms with Crippen LogP contribution in [0.3, 0.4) is 0 Å². The van der Waals surface area contributed by atoms with Gasteiger partial charge in [-0.25, -0.2) is 0 Å². The van der Waals surface area contributed by atoms with Gasteiger partial charge in [-0.15, -0.1) is 0 Å². The Morgan fingerprint density at radius 3 is 2.61 bits per heavy atom. The van der Waals surface area contributed by atoms with Gasteiger partial charge in [0.2, 0.25) is 0 Å². The highest BCUT2D eigenvalue weighted by Crippen LogP contribution is 2.21. The van der Waals surface area contributed by atoms with Gasteiger partial charge >= 0.3 is 0 Å². The highest BCUT2D eigenvalue weighted by Gasteiger charge is 2.03. The number of halogens is 1. The van der Waals surface area contributed by atoms with Crippen LogP contribution in [-0.4, -0.2) is 11.5 Å². The van der Waals surface area contributed by atoms with Gasteiger partial charge < -0.3 is 5.32 Å². The first-order chi connectivity index (χ1) is 13.7. The molecule has 0 atom stereocenters. The topological polar surface area (TPSA) is 24.9 Å². The highest BCUT2D eigenvalue weighted by atomic mass is 35.7. The molecular weight excluding hydrogens is 384 g/mol. The molecule has 0 spiro atoms. The summed E-state index contributed by atoms with van der Waals surface area (Å²) in [7, 11) is 6.84. The lowest BCUT2D eigenvalue weighted by atomic mass is 9.99. The maximum absolute atomic E-state index is 5.66. The molecule has 0 saturated carbocycles. The summed E-state index contributed by atoms with van der Waals surface area (Å²) < 4.78 is 0. The first-order valence-electron chi connectivity index (χ1n) is 9.44. The van der Waals surface area contributed by atoms with Crippen LogP contribution in [0.25, 0.3) is 10.8 Å². The fraction of sp³-hybridized carbons (Fsp3) is 0.208. The predicted molar refractivity (Wildman–Crippen MR) is 124 cm³/mol. The molecule has 0 fully saturated rings. The van der Waals surface area contributed by atoms with E-state index >= 15 is 0 Å². The molecule has 0 unspecified atom stereocenters. The van der Waals surface area contributed by atoms with Gasteiger partial charge in [0.1, 0.15) is 0 Å². The summed E-state index contributed by atoms with van der Waals surface area (Å²) in [5, 5.41) is 5.95. The van der Waals surface area contributed by atoms with Crippen LogP contribution in [0, 0.1) is 0 Å². The van der Waals surface area contributed by atoms with Crippen LogP contribution in [0.2, 0.25) is 0 Å². The van der Waals surface area contributed by atoms with Crippen molar-refractivity contribution >= 4 is 32.4 Å². The summed E-state index contributed by atoms with van der Waals surface area (Å²) in [6, 6.07) is 19.4. The van der Waals surface area contributed by atoms with E-state index in [9.17, 15) is 0 Å². The van der Waals surface area contributed by atoms with Gasteiger partial charge in [0.05, 0.1) is 0 Å². The van der Waals surface area contributed by atoms with E-state index in [-0.39, 0.29) is 0 Å². The molecule has 0 amide bonds. The molecule has 1 aromatic heterocycles. The number of nitrogens with one attached hydrogen (secondary N) is 1. The summed E-state index contributed by atoms with van der Waals surface area (Å²) in [6.07, 6.45) is 5.54. The number of aryl methyl sites for hydroxylation is 2. The van der Waals surface area contributed by atoms with Crippen molar-refractivity contribution in [3.05, 3.63) is 101 Å². The monoisotopic (exact) mass is 408 g/mol. The SMILES string of the molecule is C=C(Cc1ccc(CCc2cccc3ccccc23)cn1)NCCC(=C)SCl. The third-order valence-corrected chi connectivity index (χ3v) is 5.81. The Morgan fingerprint density at radius 2 is 1.82 bits per heavy atom. The third kappa shape index (κ3) is 5.88. The van der Waals surface area contributed by atoms with Crippen LogP contribution in [0.4, 0.5) is 0 Å². The van der Waals surface area contributed by atoms with E-state index in [0.717, 1.165) is 48.5 Å². The largest absolute Gasteiger partial charge is 0.388 e. The van der Waals surface area contributed by atoms with Crippen LogP contribution >= 0.6 is 21.7 Å². The normalized spacial score (nSPS) is 10.8. The molecule has 3 aromatic rings. The maximum atomic E-state index is 5.66. The average molecular weight is 409 g/mol. The number of fused-ring (bicyclic) bond motifs is 1. The van der Waals surface area contributed by atoms with Crippen molar-refractivity contribution in [2.45, 2.75) is 25.7 Å². The molecular formula is C24H25ClN2S. The van der Waals surface area contributed by atoms with Crippen molar-refractivity contribution in [2.75, 3.05) is 6.54 Å². The number of pyridine rings is 1. The number of hydrogen-bond acceptors (Lipinski definition) is 3. The van der Waals surface area contributed by atoms with E-state index in [4.69, 9.17) is 10.7 Å². The van der Waals surface area contributed by atoms with Crippen molar-refractivity contribution in [1.82, 2.24) is 10.3 Å². The van der Waals surface area contributed by atoms with Gasteiger partial charge in [0, 0.05) is 30.6 Å². The van der Waals surface area contributed by atoms with Crippen molar-refractivity contribution in [3.8, 4) is 0 Å². The summed E-state index contributed by atoms with van der Waals surface area (Å²) in [6.45, 7) is 8.74. The third-order valence-electron chi connectivity index (χ3n) is 4.73. The lowest BCUT2D eigenvalue weighted by molar-refractivity contribution is 0.771. The molecule has 0 aliphatic rings. The van der Waals surface area contributed by atoms with E-state index < -0.39 is 0 Å². The van der Waals surface area contributed by atoms with Crippen molar-refractivity contribution in [1.29, 1.82) is 0 Å². The molecule has 2 aromatic carbocycles. The Morgan fingerprint density at radius 1 is 1.00 bits per heavy atom. The van der Waals surface area contributed by atoms with Crippen molar-refractivity contribution in [3.63, 3.8) is 0 Å². The zero-order valence-electron chi connectivity index (χ0n) is 16.0. The molecule has 1 heterocycles. The second-order valence-electron chi connectivity index (χ2n) is 6.87. The Bertz CT molecular complexity index is 945. The van der Waals surface area contributed by atoms with Crippen molar-refractivity contribution in [2.24, 2.45) is 0 Å². The zero-order valence-corrected chi connectivity index (χ0v) is 17.5. The van der Waals surface area contributed by atoms with Crippen LogP contribution in [0.15, 0.2) is 84.6 Å². The first-order valence-corrected chi connectivity index (χ1v) is 11.1. The molecule has 0 saturated heterocycles. The molecule has 0 bridgehead atoms. The van der Waals surface area contributed by atoms with Crippen LogP contribution in [0.5, 0.6) is 0 Å². The molecule has 0 radical (unpaired) electrons. The van der Waals surface area contributed by atoms with Gasteiger partial charge in [0.15, 0.2) is 0 Å². The van der Waals surface area contributed by atoms with E-state index in [0.29, 0.717) is 0 Å². The molecule has 2 nitrogen and oxygen atoms in total. The maximum Gasteiger partial charge on any atom is 0.0462 e. The highest BCUT2D eigenvalue weighted by molar-refractivity contribution is 8.24. The number of hydrogen-bond donors (Lipinski definition) is 1. The average Bonchev–Trinajstić information content (AvgIpc) is 2.73. The molecule has 0 aliphatic carbocycles. The lowest BCUT2D eigenvalue weighted by Crippen LogP contribution is -2.16. The molecule has 4 heteroatoms. The molecule has 144 valence electrons. The van der Waals surface area contributed by atoms with E-state index in [1.165, 1.54) is 32.9 Å². The number of nitrogens with zero attached hydrogens (tertiary/aromatic N) is 1. The number of aromatic nitrogens is 1. The second-order valence-corrected chi connectivity index (χ2v) is 8.06. The minimum Gasteiger partial charge on any atom is -0.388 e. The zero-order chi connectivity index (χ0) is 19.8. The minimum absolute atomic E-state index is 0.726. The second kappa shape index (κ2) is 10.4. The Hall–Kier alpha value is -2.23. The fourth-order valence-corrected chi connectivity index (χ4v) is 3.61. The van der Waals surface area contributed by atoms with Gasteiger partial charge in [-0.05, 0) is 73.8 Å². The summed E-state index contributed by atoms with van der Waals surface area (Å²) in [4.78, 5) is 5.56. The van der Waals surface area contributed by atoms with Gasteiger partial charge in [0.25, 0.3) is 0 Å². The van der Waals surface area contributed by atoms with E-state index in [1.807, 2.05) is 6.20 Å². The number of allylic oxidation sites excluding steroid dienone is 1. The first kappa shape index (κ1) is 20.5. The van der Waals surface area contributed by atoms with Crippen LogP contribution in [-0.2, 0) is 19.3 Å². The Kier molecular flexibility index (Phi) is 7.58. The predicted octanol–water partition coefficient (Wildman–Crippen LogP) is 6.46. The summed E-state index contributed by atoms with van der Waals surface area (Å²) >= 11 is 0. The lowest BCUT2D eigenvalue weighted by Gasteiger charge is -2.10. The van der Waals surface area contributed by atoms with Crippen LogP contribution < -0.4 is 5.32 Å². The Balaban J connectivity index is 1.51. The van der Waals surface area contributed by atoms with Crippen molar-refractivity contribution < 1.29 is 0 Å². The molecule has 0 aliphatic heterocycles. The smallest absolute Gasteiger partial charge is 0.0462 e. The van der Waals surface area contributed by atoms with Gasteiger partial charge in [-0.1, -0.05) is 61.7 Å². The molecule has 28 heavy (non-hydrogen) atoms. The van der Waals surface area contributed by atoms with Gasteiger partial charge in [-0.2, -0.15) is 0 Å². The number of benzene rings is 2. The summed E-state index contributed by atoms with van der Waals surface area (Å²) in [5.74, 6) is 0. The molecule has 3 rings (SSSR count). The Labute approximate surface area is 176 Å². The quantitative estimate of drug-likeness (QED) is 0.416. The van der Waals surface area contributed by atoms with E-state index in [1.54, 1.807) is 0 Å². The number of rotatable bonds is 10. The minimum atomic E-state index is 0.726. The summed E-state index contributed by atoms with van der Waals surface area (Å²) in [5.41, 5.74) is 4.63. The van der Waals surface area contributed by atoms with Gasteiger partial charge in [-0.3, -0.25) is 4.98 Å². The van der Waals surface area contributed by atoms with E-state index in [2.05, 4.69) is 78.1 Å². The molecule has 1 N–H and O–H groups in total. The standard InChI is InChI=1S/C24H25ClN2S/c1-18(26-15-14-19(2)28-25)16-23-13-11-20(17-27-23)10-12-22-8-5-7-21-6-3-4-9-24(21)22/h3-9,11,13,17,26H,1-2,10,12,14-16H2.